The molecule has 1 unspecified atom stereocenters. The third-order valence-corrected chi connectivity index (χ3v) is 4.38. The van der Waals surface area contributed by atoms with E-state index in [9.17, 15) is 4.79 Å². The number of ether oxygens (including phenoxy) is 2. The molecule has 1 heterocycles. The van der Waals surface area contributed by atoms with Gasteiger partial charge in [-0.3, -0.25) is 0 Å². The van der Waals surface area contributed by atoms with Gasteiger partial charge in [0.2, 0.25) is 0 Å². The molecule has 1 atom stereocenters. The average molecular weight is 428 g/mol. The maximum Gasteiger partial charge on any atom is 0.338 e. The van der Waals surface area contributed by atoms with Crippen LogP contribution in [0, 0.1) is 0 Å². The van der Waals surface area contributed by atoms with Crippen LogP contribution >= 0.6 is 35.6 Å². The molecule has 0 N–H and O–H groups in total. The van der Waals surface area contributed by atoms with Gasteiger partial charge in [-0.2, -0.15) is 0 Å². The minimum absolute atomic E-state index is 0. The Morgan fingerprint density at radius 3 is 2.52 bits per heavy atom. The highest BCUT2D eigenvalue weighted by atomic mass is 35.5. The maximum atomic E-state index is 12.6. The molecule has 1 aromatic heterocycles. The molecule has 0 saturated carbocycles. The van der Waals surface area contributed by atoms with Gasteiger partial charge in [0, 0.05) is 28.0 Å². The zero-order valence-corrected chi connectivity index (χ0v) is 16.7. The van der Waals surface area contributed by atoms with E-state index in [1.165, 1.54) is 0 Å². The number of hydrogen-bond acceptors (Lipinski definition) is 4. The lowest BCUT2D eigenvalue weighted by Gasteiger charge is -2.20. The highest BCUT2D eigenvalue weighted by Crippen LogP contribution is 2.30. The summed E-state index contributed by atoms with van der Waals surface area (Å²) in [5, 5.41) is 0.951. The number of imidazole rings is 1. The van der Waals surface area contributed by atoms with E-state index < -0.39 is 12.1 Å². The average Bonchev–Trinajstić information content (AvgIpc) is 3.14. The zero-order valence-electron chi connectivity index (χ0n) is 14.3. The molecule has 0 saturated heterocycles. The Balaban J connectivity index is 0.00000261. The fourth-order valence-electron chi connectivity index (χ4n) is 2.47. The minimum Gasteiger partial charge on any atom is -0.497 e. The summed E-state index contributed by atoms with van der Waals surface area (Å²) in [7, 11) is 1.57. The first-order valence-electron chi connectivity index (χ1n) is 7.82. The predicted molar refractivity (Wildman–Crippen MR) is 107 cm³/mol. The van der Waals surface area contributed by atoms with Crippen LogP contribution in [0.2, 0.25) is 10.0 Å². The molecule has 0 radical (unpaired) electrons. The van der Waals surface area contributed by atoms with Gasteiger partial charge in [-0.15, -0.1) is 12.4 Å². The molecule has 3 aromatic rings. The molecule has 2 aromatic carbocycles. The monoisotopic (exact) mass is 426 g/mol. The van der Waals surface area contributed by atoms with Crippen LogP contribution in [0.5, 0.6) is 5.75 Å². The second-order valence-corrected chi connectivity index (χ2v) is 6.39. The third kappa shape index (κ3) is 5.39. The topological polar surface area (TPSA) is 53.4 Å². The van der Waals surface area contributed by atoms with E-state index in [1.54, 1.807) is 68.3 Å². The molecule has 27 heavy (non-hydrogen) atoms. The standard InChI is InChI=1S/C19H16Cl2N2O3.ClH/c1-25-15-5-2-13(3-6-15)19(24)26-18(11-23-9-8-22-12-23)16-7-4-14(20)10-17(16)21;/h2-10,12,18H,11H2,1H3;1H. The highest BCUT2D eigenvalue weighted by molar-refractivity contribution is 6.35. The molecule has 5 nitrogen and oxygen atoms in total. The van der Waals surface area contributed by atoms with Crippen molar-refractivity contribution in [3.63, 3.8) is 0 Å². The van der Waals surface area contributed by atoms with Gasteiger partial charge >= 0.3 is 5.97 Å². The summed E-state index contributed by atoms with van der Waals surface area (Å²) in [5.74, 6) is 0.209. The van der Waals surface area contributed by atoms with Gasteiger partial charge in [0.1, 0.15) is 11.9 Å². The van der Waals surface area contributed by atoms with E-state index in [-0.39, 0.29) is 12.4 Å². The van der Waals surface area contributed by atoms with Crippen molar-refractivity contribution < 1.29 is 14.3 Å². The normalized spacial score (nSPS) is 11.4. The zero-order chi connectivity index (χ0) is 18.5. The Morgan fingerprint density at radius 1 is 1.19 bits per heavy atom. The highest BCUT2D eigenvalue weighted by Gasteiger charge is 2.21. The Labute approximate surface area is 173 Å². The molecule has 0 aliphatic carbocycles. The van der Waals surface area contributed by atoms with Crippen LogP contribution in [0.4, 0.5) is 0 Å². The van der Waals surface area contributed by atoms with Crippen LogP contribution in [-0.2, 0) is 11.3 Å². The lowest BCUT2D eigenvalue weighted by atomic mass is 10.1. The van der Waals surface area contributed by atoms with Gasteiger partial charge in [-0.25, -0.2) is 9.78 Å². The van der Waals surface area contributed by atoms with Crippen molar-refractivity contribution in [3.05, 3.63) is 82.4 Å². The Hall–Kier alpha value is -2.21. The molecule has 142 valence electrons. The number of benzene rings is 2. The lowest BCUT2D eigenvalue weighted by Crippen LogP contribution is -2.17. The molecular weight excluding hydrogens is 411 g/mol. The molecular formula is C19H17Cl3N2O3. The smallest absolute Gasteiger partial charge is 0.338 e. The third-order valence-electron chi connectivity index (χ3n) is 3.82. The van der Waals surface area contributed by atoms with Crippen LogP contribution in [0.1, 0.15) is 22.0 Å². The summed E-state index contributed by atoms with van der Waals surface area (Å²) in [6.45, 7) is 0.378. The second-order valence-electron chi connectivity index (χ2n) is 5.55. The first-order valence-corrected chi connectivity index (χ1v) is 8.58. The summed E-state index contributed by atoms with van der Waals surface area (Å²) in [6.07, 6.45) is 4.51. The Morgan fingerprint density at radius 2 is 1.93 bits per heavy atom. The largest absolute Gasteiger partial charge is 0.497 e. The van der Waals surface area contributed by atoms with E-state index in [1.807, 2.05) is 4.57 Å². The molecule has 0 spiro atoms. The van der Waals surface area contributed by atoms with Crippen molar-refractivity contribution in [2.75, 3.05) is 7.11 Å². The van der Waals surface area contributed by atoms with Crippen LogP contribution in [0.3, 0.4) is 0 Å². The van der Waals surface area contributed by atoms with E-state index in [2.05, 4.69) is 4.98 Å². The molecule has 0 aliphatic heterocycles. The quantitative estimate of drug-likeness (QED) is 0.506. The second kappa shape index (κ2) is 9.65. The SMILES string of the molecule is COc1ccc(C(=O)OC(Cn2ccnc2)c2ccc(Cl)cc2Cl)cc1.Cl. The summed E-state index contributed by atoms with van der Waals surface area (Å²) in [4.78, 5) is 16.6. The van der Waals surface area contributed by atoms with Crippen molar-refractivity contribution in [2.24, 2.45) is 0 Å². The van der Waals surface area contributed by atoms with Gasteiger partial charge in [0.15, 0.2) is 0 Å². The van der Waals surface area contributed by atoms with Crippen molar-refractivity contribution in [3.8, 4) is 5.75 Å². The first kappa shape index (κ1) is 21.1. The molecule has 0 aliphatic rings. The van der Waals surface area contributed by atoms with Gasteiger partial charge < -0.3 is 14.0 Å². The minimum atomic E-state index is -0.594. The van der Waals surface area contributed by atoms with Gasteiger partial charge in [-0.05, 0) is 36.4 Å². The molecule has 0 amide bonds. The van der Waals surface area contributed by atoms with Gasteiger partial charge in [0.25, 0.3) is 0 Å². The van der Waals surface area contributed by atoms with E-state index in [0.29, 0.717) is 33.5 Å². The van der Waals surface area contributed by atoms with Gasteiger partial charge in [-0.1, -0.05) is 29.3 Å². The summed E-state index contributed by atoms with van der Waals surface area (Å²) >= 11 is 12.3. The van der Waals surface area contributed by atoms with Crippen LogP contribution in [-0.4, -0.2) is 22.6 Å². The number of carbonyl (C=O) groups is 1. The summed E-state index contributed by atoms with van der Waals surface area (Å²) in [5.41, 5.74) is 1.10. The van der Waals surface area contributed by atoms with Gasteiger partial charge in [0.05, 0.1) is 25.5 Å². The van der Waals surface area contributed by atoms with E-state index in [0.717, 1.165) is 0 Å². The fourth-order valence-corrected chi connectivity index (χ4v) is 3.00. The fraction of sp³-hybridized carbons (Fsp3) is 0.158. The molecule has 8 heteroatoms. The van der Waals surface area contributed by atoms with E-state index in [4.69, 9.17) is 32.7 Å². The summed E-state index contributed by atoms with van der Waals surface area (Å²) in [6, 6.07) is 11.8. The van der Waals surface area contributed by atoms with Crippen LogP contribution < -0.4 is 4.74 Å². The number of esters is 1. The Kier molecular flexibility index (Phi) is 7.54. The number of methoxy groups -OCH3 is 1. The lowest BCUT2D eigenvalue weighted by molar-refractivity contribution is 0.0255. The molecule has 3 rings (SSSR count). The first-order chi connectivity index (χ1) is 12.6. The van der Waals surface area contributed by atoms with E-state index >= 15 is 0 Å². The van der Waals surface area contributed by atoms with Crippen molar-refractivity contribution in [1.82, 2.24) is 9.55 Å². The molecule has 0 bridgehead atoms. The predicted octanol–water partition coefficient (Wildman–Crippen LogP) is 5.22. The van der Waals surface area contributed by atoms with Crippen LogP contribution in [0.25, 0.3) is 0 Å². The maximum absolute atomic E-state index is 12.6. The number of nitrogens with zero attached hydrogens (tertiary/aromatic N) is 2. The van der Waals surface area contributed by atoms with Crippen molar-refractivity contribution >= 4 is 41.6 Å². The van der Waals surface area contributed by atoms with Crippen molar-refractivity contribution in [1.29, 1.82) is 0 Å². The number of halogens is 3. The number of aromatic nitrogens is 2. The Bertz CT molecular complexity index is 884. The number of rotatable bonds is 6. The van der Waals surface area contributed by atoms with Crippen molar-refractivity contribution in [2.45, 2.75) is 12.6 Å². The number of carbonyl (C=O) groups excluding carboxylic acids is 1. The summed E-state index contributed by atoms with van der Waals surface area (Å²) < 4.78 is 12.7. The van der Waals surface area contributed by atoms with Crippen LogP contribution in [0.15, 0.2) is 61.2 Å². The molecule has 0 fully saturated rings. The number of hydrogen-bond donors (Lipinski definition) is 0.